The molecule has 0 unspecified atom stereocenters. The van der Waals surface area contributed by atoms with Gasteiger partial charge < -0.3 is 10.6 Å². The van der Waals surface area contributed by atoms with E-state index in [1.54, 1.807) is 6.07 Å². The van der Waals surface area contributed by atoms with E-state index in [4.69, 9.17) is 17.3 Å². The normalized spacial score (nSPS) is 16.2. The summed E-state index contributed by atoms with van der Waals surface area (Å²) in [7, 11) is 0. The molecule has 98 valence electrons. The van der Waals surface area contributed by atoms with Crippen LogP contribution in [0.2, 0.25) is 5.02 Å². The molecule has 0 bridgehead atoms. The fraction of sp³-hybridized carbons (Fsp3) is 0. The number of amides is 1. The lowest BCUT2D eigenvalue weighted by Crippen LogP contribution is -2.12. The van der Waals surface area contributed by atoms with Crippen LogP contribution < -0.4 is 16.6 Å². The number of hydrogen-bond donors (Lipinski definition) is 3. The number of anilines is 1. The number of carbonyl (C=O) groups is 2. The first-order valence-electron chi connectivity index (χ1n) is 5.08. The maximum Gasteiger partial charge on any atom is 0.385 e. The molecule has 0 spiro atoms. The molecule has 1 saturated heterocycles. The van der Waals surface area contributed by atoms with Crippen molar-refractivity contribution in [2.45, 2.75) is 0 Å². The van der Waals surface area contributed by atoms with Crippen LogP contribution in [0.15, 0.2) is 35.6 Å². The third-order valence-corrected chi connectivity index (χ3v) is 2.60. The Morgan fingerprint density at radius 3 is 2.84 bits per heavy atom. The minimum absolute atomic E-state index is 0.00979. The van der Waals surface area contributed by atoms with Crippen molar-refractivity contribution in [1.82, 2.24) is 5.48 Å². The Morgan fingerprint density at radius 2 is 2.26 bits per heavy atom. The molecule has 2 rings (SSSR count). The van der Waals surface area contributed by atoms with Crippen LogP contribution in [0.25, 0.3) is 0 Å². The summed E-state index contributed by atoms with van der Waals surface area (Å²) in [5.41, 5.74) is 10.9. The zero-order valence-corrected chi connectivity index (χ0v) is 10.3. The van der Waals surface area contributed by atoms with Crippen LogP contribution in [0.1, 0.15) is 10.4 Å². The number of hydrogen-bond acceptors (Lipinski definition) is 6. The van der Waals surface area contributed by atoms with Gasteiger partial charge in [0, 0.05) is 0 Å². The number of nitrogens with two attached hydrogens (primary N) is 1. The minimum atomic E-state index is -0.660. The van der Waals surface area contributed by atoms with E-state index >= 15 is 0 Å². The number of rotatable bonds is 3. The summed E-state index contributed by atoms with van der Waals surface area (Å²) in [4.78, 5) is 26.8. The Hall–Kier alpha value is -2.54. The van der Waals surface area contributed by atoms with Gasteiger partial charge in [-0.2, -0.15) is 5.10 Å². The molecule has 1 heterocycles. The van der Waals surface area contributed by atoms with Gasteiger partial charge in [0.05, 0.1) is 22.0 Å². The summed E-state index contributed by atoms with van der Waals surface area (Å²) in [6.45, 7) is 3.54. The number of hydroxylamine groups is 1. The fourth-order valence-electron chi connectivity index (χ4n) is 1.35. The van der Waals surface area contributed by atoms with Crippen LogP contribution in [-0.4, -0.2) is 17.6 Å². The van der Waals surface area contributed by atoms with Gasteiger partial charge in [-0.05, 0) is 18.2 Å². The number of carbonyl (C=O) groups excluding carboxylic acids is 2. The number of hydrazone groups is 1. The third-order valence-electron chi connectivity index (χ3n) is 2.27. The fourth-order valence-corrected chi connectivity index (χ4v) is 1.56. The van der Waals surface area contributed by atoms with Crippen molar-refractivity contribution in [1.29, 1.82) is 0 Å². The summed E-state index contributed by atoms with van der Waals surface area (Å²) in [6.07, 6.45) is 0. The highest BCUT2D eigenvalue weighted by atomic mass is 35.5. The average Bonchev–Trinajstić information content (AvgIpc) is 2.68. The Morgan fingerprint density at radius 1 is 1.53 bits per heavy atom. The van der Waals surface area contributed by atoms with Crippen molar-refractivity contribution in [3.63, 3.8) is 0 Å². The van der Waals surface area contributed by atoms with Crippen LogP contribution in [-0.2, 0) is 9.63 Å². The van der Waals surface area contributed by atoms with Gasteiger partial charge in [-0.1, -0.05) is 18.2 Å². The predicted molar refractivity (Wildman–Crippen MR) is 69.4 cm³/mol. The van der Waals surface area contributed by atoms with Crippen LogP contribution in [0.4, 0.5) is 5.69 Å². The van der Waals surface area contributed by atoms with E-state index in [-0.39, 0.29) is 22.0 Å². The number of halogens is 1. The van der Waals surface area contributed by atoms with Gasteiger partial charge in [-0.3, -0.25) is 10.2 Å². The van der Waals surface area contributed by atoms with Crippen LogP contribution in [0, 0.1) is 0 Å². The number of primary amides is 1. The summed E-state index contributed by atoms with van der Waals surface area (Å²) >= 11 is 5.80. The molecule has 0 saturated carbocycles. The van der Waals surface area contributed by atoms with E-state index in [1.807, 2.05) is 0 Å². The molecule has 0 aliphatic carbocycles. The highest BCUT2D eigenvalue weighted by Crippen LogP contribution is 2.20. The average molecular weight is 281 g/mol. The van der Waals surface area contributed by atoms with Crippen molar-refractivity contribution in [2.75, 3.05) is 5.43 Å². The lowest BCUT2D eigenvalue weighted by Gasteiger charge is -2.04. The monoisotopic (exact) mass is 280 g/mol. The van der Waals surface area contributed by atoms with E-state index in [0.29, 0.717) is 5.69 Å². The van der Waals surface area contributed by atoms with E-state index in [2.05, 4.69) is 27.4 Å². The molecule has 7 nitrogen and oxygen atoms in total. The molecule has 0 aromatic heterocycles. The standard InChI is InChI=1S/C11H9ClN4O3/c1-5-9(11(18)19-16-5)15-14-6-2-3-8(12)7(4-6)10(13)17/h2-4,14,16H,1H2,(H2,13,17). The molecule has 1 aliphatic rings. The molecule has 8 heteroatoms. The van der Waals surface area contributed by atoms with Gasteiger partial charge >= 0.3 is 5.97 Å². The summed E-state index contributed by atoms with van der Waals surface area (Å²) in [6, 6.07) is 4.49. The molecule has 1 amide bonds. The van der Waals surface area contributed by atoms with Crippen LogP contribution in [0.3, 0.4) is 0 Å². The van der Waals surface area contributed by atoms with E-state index in [0.717, 1.165) is 0 Å². The lowest BCUT2D eigenvalue weighted by atomic mass is 10.2. The van der Waals surface area contributed by atoms with E-state index < -0.39 is 11.9 Å². The number of nitrogens with zero attached hydrogens (tertiary/aromatic N) is 1. The smallest absolute Gasteiger partial charge is 0.366 e. The highest BCUT2D eigenvalue weighted by molar-refractivity contribution is 6.44. The number of benzene rings is 1. The molecular formula is C11H9ClN4O3. The first-order chi connectivity index (χ1) is 8.99. The van der Waals surface area contributed by atoms with Crippen molar-refractivity contribution in [3.8, 4) is 0 Å². The Labute approximate surface area is 113 Å². The van der Waals surface area contributed by atoms with Gasteiger partial charge in [0.25, 0.3) is 0 Å². The van der Waals surface area contributed by atoms with Gasteiger partial charge in [0.2, 0.25) is 5.91 Å². The second-order valence-electron chi connectivity index (χ2n) is 3.60. The highest BCUT2D eigenvalue weighted by Gasteiger charge is 2.25. The Bertz CT molecular complexity index is 594. The molecule has 1 fully saturated rings. The third kappa shape index (κ3) is 2.66. The van der Waals surface area contributed by atoms with Gasteiger partial charge in [-0.15, -0.1) is 0 Å². The molecule has 4 N–H and O–H groups in total. The van der Waals surface area contributed by atoms with Crippen molar-refractivity contribution >= 4 is 34.9 Å². The molecule has 1 aromatic carbocycles. The van der Waals surface area contributed by atoms with E-state index in [1.165, 1.54) is 12.1 Å². The molecule has 1 aromatic rings. The molecule has 0 radical (unpaired) electrons. The lowest BCUT2D eigenvalue weighted by molar-refractivity contribution is -0.137. The minimum Gasteiger partial charge on any atom is -0.366 e. The van der Waals surface area contributed by atoms with Crippen molar-refractivity contribution < 1.29 is 14.4 Å². The molecule has 0 atom stereocenters. The van der Waals surface area contributed by atoms with E-state index in [9.17, 15) is 9.59 Å². The molecule has 1 aliphatic heterocycles. The SMILES string of the molecule is C=C1NOC(=O)C1=NNc1ccc(Cl)c(C(N)=O)c1. The zero-order chi connectivity index (χ0) is 14.0. The maximum absolute atomic E-state index is 11.2. The Kier molecular flexibility index (Phi) is 3.39. The van der Waals surface area contributed by atoms with Gasteiger partial charge in [0.1, 0.15) is 0 Å². The molecular weight excluding hydrogens is 272 g/mol. The summed E-state index contributed by atoms with van der Waals surface area (Å²) in [5.74, 6) is -1.31. The van der Waals surface area contributed by atoms with Gasteiger partial charge in [0.15, 0.2) is 5.71 Å². The van der Waals surface area contributed by atoms with Crippen molar-refractivity contribution in [2.24, 2.45) is 10.8 Å². The first kappa shape index (κ1) is 12.9. The predicted octanol–water partition coefficient (Wildman–Crippen LogP) is 0.782. The van der Waals surface area contributed by atoms with Crippen LogP contribution >= 0.6 is 11.6 Å². The first-order valence-corrected chi connectivity index (χ1v) is 5.46. The summed E-state index contributed by atoms with van der Waals surface area (Å²) in [5, 5.41) is 4.05. The topological polar surface area (TPSA) is 106 Å². The quantitative estimate of drug-likeness (QED) is 0.710. The van der Waals surface area contributed by atoms with Crippen molar-refractivity contribution in [3.05, 3.63) is 41.1 Å². The maximum atomic E-state index is 11.2. The zero-order valence-electron chi connectivity index (χ0n) is 9.57. The van der Waals surface area contributed by atoms with Crippen LogP contribution in [0.5, 0.6) is 0 Å². The largest absolute Gasteiger partial charge is 0.385 e. The second-order valence-corrected chi connectivity index (χ2v) is 4.01. The van der Waals surface area contributed by atoms with Gasteiger partial charge in [-0.25, -0.2) is 10.3 Å². The Balaban J connectivity index is 2.23. The number of nitrogens with one attached hydrogen (secondary N) is 2. The summed E-state index contributed by atoms with van der Waals surface area (Å²) < 4.78 is 0. The molecule has 19 heavy (non-hydrogen) atoms. The second kappa shape index (κ2) is 4.99.